The molecule has 1 aliphatic rings. The summed E-state index contributed by atoms with van der Waals surface area (Å²) in [5.41, 5.74) is 0. The van der Waals surface area contributed by atoms with Gasteiger partial charge in [-0.25, -0.2) is 8.42 Å². The summed E-state index contributed by atoms with van der Waals surface area (Å²) < 4.78 is 36.3. The maximum absolute atomic E-state index is 13.0. The first-order valence-corrected chi connectivity index (χ1v) is 12.8. The number of hydrogen-bond acceptors (Lipinski definition) is 8. The van der Waals surface area contributed by atoms with Crippen LogP contribution in [-0.4, -0.2) is 70.4 Å². The van der Waals surface area contributed by atoms with E-state index in [0.717, 1.165) is 5.75 Å². The van der Waals surface area contributed by atoms with Crippen LogP contribution in [0.1, 0.15) is 26.1 Å². The van der Waals surface area contributed by atoms with Gasteiger partial charge in [0.15, 0.2) is 20.8 Å². The number of sulfone groups is 1. The zero-order chi connectivity index (χ0) is 22.6. The monoisotopic (exact) mass is 468 g/mol. The predicted molar refractivity (Wildman–Crippen MR) is 118 cm³/mol. The van der Waals surface area contributed by atoms with E-state index in [0.29, 0.717) is 29.7 Å². The summed E-state index contributed by atoms with van der Waals surface area (Å²) in [6, 6.07) is 7.01. The van der Waals surface area contributed by atoms with Crippen LogP contribution in [0.2, 0.25) is 0 Å². The quantitative estimate of drug-likeness (QED) is 0.514. The number of thioether (sulfide) groups is 1. The molecule has 0 bridgehead atoms. The largest absolute Gasteiger partial charge is 0.497 e. The first-order valence-electron chi connectivity index (χ1n) is 10.1. The third-order valence-electron chi connectivity index (χ3n) is 5.26. The molecule has 2 unspecified atom stereocenters. The van der Waals surface area contributed by atoms with Crippen molar-refractivity contribution in [3.8, 4) is 11.5 Å². The van der Waals surface area contributed by atoms with Gasteiger partial charge in [0.1, 0.15) is 18.1 Å². The molecule has 1 amide bonds. The Labute approximate surface area is 187 Å². The number of methoxy groups -OCH3 is 1. The number of hydrogen-bond donors (Lipinski definition) is 0. The van der Waals surface area contributed by atoms with Gasteiger partial charge in [-0.15, -0.1) is 10.2 Å². The van der Waals surface area contributed by atoms with Crippen molar-refractivity contribution in [2.24, 2.45) is 7.05 Å². The summed E-state index contributed by atoms with van der Waals surface area (Å²) in [6.07, 6.45) is 0.496. The molecule has 0 spiro atoms. The molecule has 2 heterocycles. The summed E-state index contributed by atoms with van der Waals surface area (Å²) >= 11 is 1.30. The maximum atomic E-state index is 13.0. The van der Waals surface area contributed by atoms with E-state index in [1.807, 2.05) is 38.2 Å². The van der Waals surface area contributed by atoms with Gasteiger partial charge in [-0.1, -0.05) is 11.8 Å². The Balaban J connectivity index is 1.60. The Hall–Kier alpha value is -2.27. The highest BCUT2D eigenvalue weighted by Gasteiger charge is 2.35. The Morgan fingerprint density at radius 1 is 1.29 bits per heavy atom. The average molecular weight is 469 g/mol. The highest BCUT2D eigenvalue weighted by Crippen LogP contribution is 2.26. The predicted octanol–water partition coefficient (Wildman–Crippen LogP) is 1.92. The number of amides is 1. The summed E-state index contributed by atoms with van der Waals surface area (Å²) in [4.78, 5) is 14.6. The first kappa shape index (κ1) is 23.4. The highest BCUT2D eigenvalue weighted by molar-refractivity contribution is 8.00. The summed E-state index contributed by atoms with van der Waals surface area (Å²) in [5, 5.41) is 8.56. The van der Waals surface area contributed by atoms with Crippen LogP contribution in [0.25, 0.3) is 0 Å². The molecule has 0 radical (unpaired) electrons. The lowest BCUT2D eigenvalue weighted by Gasteiger charge is -2.29. The lowest BCUT2D eigenvalue weighted by Crippen LogP contribution is -2.44. The van der Waals surface area contributed by atoms with Crippen molar-refractivity contribution in [2.45, 2.75) is 43.3 Å². The molecular weight excluding hydrogens is 440 g/mol. The van der Waals surface area contributed by atoms with Crippen LogP contribution in [-0.2, 0) is 28.3 Å². The zero-order valence-electron chi connectivity index (χ0n) is 18.1. The van der Waals surface area contributed by atoms with Crippen molar-refractivity contribution in [3.05, 3.63) is 30.1 Å². The Morgan fingerprint density at radius 3 is 2.55 bits per heavy atom. The molecule has 1 fully saturated rings. The SMILES string of the molecule is CCN(C(=O)C(C)Sc1nnc(COc2ccc(OC)cc2)n1C)C1CCS(=O)(=O)C1. The molecule has 1 aromatic heterocycles. The van der Waals surface area contributed by atoms with E-state index in [9.17, 15) is 13.2 Å². The van der Waals surface area contributed by atoms with Gasteiger partial charge < -0.3 is 18.9 Å². The molecule has 0 N–H and O–H groups in total. The van der Waals surface area contributed by atoms with E-state index >= 15 is 0 Å². The molecule has 170 valence electrons. The van der Waals surface area contributed by atoms with Gasteiger partial charge in [-0.2, -0.15) is 0 Å². The molecule has 2 aromatic rings. The second-order valence-electron chi connectivity index (χ2n) is 7.36. The van der Waals surface area contributed by atoms with Crippen LogP contribution >= 0.6 is 11.8 Å². The summed E-state index contributed by atoms with van der Waals surface area (Å²) in [7, 11) is 0.380. The fourth-order valence-electron chi connectivity index (χ4n) is 3.45. The van der Waals surface area contributed by atoms with Gasteiger partial charge in [0.2, 0.25) is 5.91 Å². The standard InChI is InChI=1S/C20H28N4O5S2/c1-5-24(15-10-11-31(26,27)13-15)19(25)14(2)30-20-22-21-18(23(20)3)12-29-17-8-6-16(28-4)7-9-17/h6-9,14-15H,5,10-13H2,1-4H3. The van der Waals surface area contributed by atoms with Crippen LogP contribution in [0.5, 0.6) is 11.5 Å². The van der Waals surface area contributed by atoms with Crippen LogP contribution in [0.4, 0.5) is 0 Å². The molecule has 31 heavy (non-hydrogen) atoms. The van der Waals surface area contributed by atoms with Gasteiger partial charge in [-0.05, 0) is 44.5 Å². The van der Waals surface area contributed by atoms with Gasteiger partial charge in [0.05, 0.1) is 23.9 Å². The minimum Gasteiger partial charge on any atom is -0.497 e. The second-order valence-corrected chi connectivity index (χ2v) is 10.9. The normalized spacial score (nSPS) is 18.5. The minimum atomic E-state index is -3.05. The van der Waals surface area contributed by atoms with E-state index < -0.39 is 15.1 Å². The molecule has 1 aromatic carbocycles. The molecule has 9 nitrogen and oxygen atoms in total. The molecule has 1 aliphatic heterocycles. The van der Waals surface area contributed by atoms with E-state index in [1.165, 1.54) is 11.8 Å². The van der Waals surface area contributed by atoms with Gasteiger partial charge >= 0.3 is 0 Å². The lowest BCUT2D eigenvalue weighted by molar-refractivity contribution is -0.131. The molecule has 0 saturated carbocycles. The number of carbonyl (C=O) groups is 1. The molecule has 1 saturated heterocycles. The minimum absolute atomic E-state index is 0.0424. The number of rotatable bonds is 9. The first-order chi connectivity index (χ1) is 14.7. The highest BCUT2D eigenvalue weighted by atomic mass is 32.2. The Kier molecular flexibility index (Phi) is 7.47. The molecular formula is C20H28N4O5S2. The fourth-order valence-corrected chi connectivity index (χ4v) is 6.09. The van der Waals surface area contributed by atoms with Crippen LogP contribution in [0, 0.1) is 0 Å². The van der Waals surface area contributed by atoms with E-state index in [2.05, 4.69) is 10.2 Å². The van der Waals surface area contributed by atoms with Crippen molar-refractivity contribution in [3.63, 3.8) is 0 Å². The number of carbonyl (C=O) groups excluding carboxylic acids is 1. The summed E-state index contributed by atoms with van der Waals surface area (Å²) in [6.45, 7) is 4.39. The van der Waals surface area contributed by atoms with E-state index in [-0.39, 0.29) is 30.1 Å². The molecule has 0 aliphatic carbocycles. The van der Waals surface area contributed by atoms with Crippen LogP contribution in [0.3, 0.4) is 0 Å². The maximum Gasteiger partial charge on any atom is 0.236 e. The van der Waals surface area contributed by atoms with Crippen molar-refractivity contribution >= 4 is 27.5 Å². The van der Waals surface area contributed by atoms with Crippen LogP contribution in [0.15, 0.2) is 29.4 Å². The third-order valence-corrected chi connectivity index (χ3v) is 8.13. The number of ether oxygens (including phenoxy) is 2. The molecule has 11 heteroatoms. The van der Waals surface area contributed by atoms with E-state index in [4.69, 9.17) is 9.47 Å². The molecule has 2 atom stereocenters. The van der Waals surface area contributed by atoms with Crippen molar-refractivity contribution in [1.82, 2.24) is 19.7 Å². The number of benzene rings is 1. The second kappa shape index (κ2) is 9.90. The molecule has 3 rings (SSSR count). The van der Waals surface area contributed by atoms with E-state index in [1.54, 1.807) is 23.5 Å². The van der Waals surface area contributed by atoms with Gasteiger partial charge in [-0.3, -0.25) is 4.79 Å². The van der Waals surface area contributed by atoms with Gasteiger partial charge in [0.25, 0.3) is 0 Å². The number of nitrogens with zero attached hydrogens (tertiary/aromatic N) is 4. The van der Waals surface area contributed by atoms with Crippen LogP contribution < -0.4 is 9.47 Å². The summed E-state index contributed by atoms with van der Waals surface area (Å²) in [5.74, 6) is 2.16. The van der Waals surface area contributed by atoms with Crippen molar-refractivity contribution in [1.29, 1.82) is 0 Å². The average Bonchev–Trinajstić information content (AvgIpc) is 3.29. The van der Waals surface area contributed by atoms with Crippen molar-refractivity contribution in [2.75, 3.05) is 25.2 Å². The van der Waals surface area contributed by atoms with Crippen molar-refractivity contribution < 1.29 is 22.7 Å². The van der Waals surface area contributed by atoms with Gasteiger partial charge in [0, 0.05) is 19.6 Å². The Bertz CT molecular complexity index is 1010. The fraction of sp³-hybridized carbons (Fsp3) is 0.550. The topological polar surface area (TPSA) is 104 Å². The number of aromatic nitrogens is 3. The third kappa shape index (κ3) is 5.70. The lowest BCUT2D eigenvalue weighted by atomic mass is 10.2. The Morgan fingerprint density at radius 2 is 1.97 bits per heavy atom. The zero-order valence-corrected chi connectivity index (χ0v) is 19.8. The smallest absolute Gasteiger partial charge is 0.236 e.